The zero-order valence-electron chi connectivity index (χ0n) is 13.0. The number of anilines is 1. The first kappa shape index (κ1) is 15.5. The number of halogens is 1. The molecule has 3 rings (SSSR count). The van der Waals surface area contributed by atoms with Crippen LogP contribution in [-0.4, -0.2) is 52.7 Å². The fourth-order valence-corrected chi connectivity index (χ4v) is 3.41. The maximum absolute atomic E-state index is 13.7. The molecule has 7 heteroatoms. The summed E-state index contributed by atoms with van der Waals surface area (Å²) < 4.78 is 13.7. The summed E-state index contributed by atoms with van der Waals surface area (Å²) in [6, 6.07) is 4.02. The van der Waals surface area contributed by atoms with E-state index in [1.54, 1.807) is 9.80 Å². The highest BCUT2D eigenvalue weighted by Gasteiger charge is 2.46. The van der Waals surface area contributed by atoms with Crippen molar-refractivity contribution in [2.75, 3.05) is 18.4 Å². The van der Waals surface area contributed by atoms with Crippen LogP contribution in [0.1, 0.15) is 30.6 Å². The summed E-state index contributed by atoms with van der Waals surface area (Å²) in [5.41, 5.74) is 0.329. The Morgan fingerprint density at radius 3 is 2.35 bits per heavy atom. The molecule has 0 radical (unpaired) electrons. The Morgan fingerprint density at radius 2 is 1.78 bits per heavy atom. The Balaban J connectivity index is 1.78. The minimum Gasteiger partial charge on any atom is -0.336 e. The topological polar surface area (TPSA) is 69.7 Å². The summed E-state index contributed by atoms with van der Waals surface area (Å²) in [4.78, 5) is 38.8. The lowest BCUT2D eigenvalue weighted by Crippen LogP contribution is -2.50. The van der Waals surface area contributed by atoms with Crippen LogP contribution in [0, 0.1) is 5.82 Å². The largest absolute Gasteiger partial charge is 0.336 e. The molecular weight excluding hydrogens is 301 g/mol. The summed E-state index contributed by atoms with van der Waals surface area (Å²) in [6.45, 7) is 3.86. The number of fused-ring (bicyclic) bond motifs is 2. The van der Waals surface area contributed by atoms with Crippen molar-refractivity contribution in [1.82, 2.24) is 9.80 Å². The molecule has 2 heterocycles. The van der Waals surface area contributed by atoms with Crippen LogP contribution in [0.2, 0.25) is 0 Å². The van der Waals surface area contributed by atoms with Crippen LogP contribution in [0.15, 0.2) is 18.2 Å². The molecule has 1 aromatic rings. The van der Waals surface area contributed by atoms with Gasteiger partial charge in [-0.2, -0.15) is 0 Å². The first-order valence-corrected chi connectivity index (χ1v) is 7.52. The van der Waals surface area contributed by atoms with Crippen molar-refractivity contribution in [3.8, 4) is 0 Å². The molecule has 6 nitrogen and oxygen atoms in total. The van der Waals surface area contributed by atoms with Gasteiger partial charge >= 0.3 is 0 Å². The molecule has 0 spiro atoms. The van der Waals surface area contributed by atoms with Gasteiger partial charge in [0.1, 0.15) is 5.82 Å². The highest BCUT2D eigenvalue weighted by molar-refractivity contribution is 5.97. The number of hydrogen-bond acceptors (Lipinski definition) is 3. The van der Waals surface area contributed by atoms with E-state index in [0.29, 0.717) is 18.7 Å². The molecule has 0 aromatic heterocycles. The molecule has 3 amide bonds. The van der Waals surface area contributed by atoms with E-state index in [0.717, 1.165) is 6.42 Å². The van der Waals surface area contributed by atoms with E-state index in [4.69, 9.17) is 0 Å². The standard InChI is InChI=1S/C16H18FN3O3/c1-9(21)18-15-5-11(3-4-14(15)17)16(23)20-8-12-6-13(20)7-19(12)10(2)22/h3-5,12-13H,6-8H2,1-2H3,(H,18,21)/t12-,13-/m0/s1. The van der Waals surface area contributed by atoms with Crippen LogP contribution < -0.4 is 5.32 Å². The molecule has 2 aliphatic rings. The van der Waals surface area contributed by atoms with Gasteiger partial charge in [0.2, 0.25) is 11.8 Å². The Morgan fingerprint density at radius 1 is 1.13 bits per heavy atom. The van der Waals surface area contributed by atoms with Gasteiger partial charge < -0.3 is 15.1 Å². The Labute approximate surface area is 133 Å². The van der Waals surface area contributed by atoms with Gasteiger partial charge in [0, 0.05) is 32.5 Å². The third-order valence-corrected chi connectivity index (χ3v) is 4.43. The van der Waals surface area contributed by atoms with E-state index in [1.807, 2.05) is 0 Å². The molecule has 23 heavy (non-hydrogen) atoms. The van der Waals surface area contributed by atoms with Crippen LogP contribution in [0.5, 0.6) is 0 Å². The van der Waals surface area contributed by atoms with Crippen molar-refractivity contribution in [3.63, 3.8) is 0 Å². The normalized spacial score (nSPS) is 22.4. The molecule has 0 unspecified atom stereocenters. The highest BCUT2D eigenvalue weighted by Crippen LogP contribution is 2.32. The molecule has 2 aliphatic heterocycles. The third-order valence-electron chi connectivity index (χ3n) is 4.43. The van der Waals surface area contributed by atoms with Crippen molar-refractivity contribution < 1.29 is 18.8 Å². The van der Waals surface area contributed by atoms with E-state index in [-0.39, 0.29) is 29.6 Å². The Bertz CT molecular complexity index is 691. The third kappa shape index (κ3) is 2.78. The van der Waals surface area contributed by atoms with Crippen molar-refractivity contribution >= 4 is 23.4 Å². The fraction of sp³-hybridized carbons (Fsp3) is 0.438. The Kier molecular flexibility index (Phi) is 3.79. The van der Waals surface area contributed by atoms with Gasteiger partial charge in [0.25, 0.3) is 5.91 Å². The van der Waals surface area contributed by atoms with Crippen LogP contribution in [0.3, 0.4) is 0 Å². The first-order chi connectivity index (χ1) is 10.9. The van der Waals surface area contributed by atoms with Crippen molar-refractivity contribution in [2.24, 2.45) is 0 Å². The number of amides is 3. The highest BCUT2D eigenvalue weighted by atomic mass is 19.1. The zero-order valence-corrected chi connectivity index (χ0v) is 13.0. The first-order valence-electron chi connectivity index (χ1n) is 7.52. The summed E-state index contributed by atoms with van der Waals surface area (Å²) >= 11 is 0. The van der Waals surface area contributed by atoms with Crippen LogP contribution >= 0.6 is 0 Å². The quantitative estimate of drug-likeness (QED) is 0.891. The monoisotopic (exact) mass is 319 g/mol. The van der Waals surface area contributed by atoms with Crippen LogP contribution in [0.4, 0.5) is 10.1 Å². The Hall–Kier alpha value is -2.44. The van der Waals surface area contributed by atoms with Crippen molar-refractivity contribution in [1.29, 1.82) is 0 Å². The summed E-state index contributed by atoms with van der Waals surface area (Å²) in [7, 11) is 0. The lowest BCUT2D eigenvalue weighted by molar-refractivity contribution is -0.130. The number of carbonyl (C=O) groups is 3. The molecule has 0 saturated carbocycles. The second-order valence-electron chi connectivity index (χ2n) is 6.05. The van der Waals surface area contributed by atoms with Crippen molar-refractivity contribution in [3.05, 3.63) is 29.6 Å². The van der Waals surface area contributed by atoms with Crippen molar-refractivity contribution in [2.45, 2.75) is 32.4 Å². The van der Waals surface area contributed by atoms with Crippen LogP contribution in [0.25, 0.3) is 0 Å². The van der Waals surface area contributed by atoms with Gasteiger partial charge in [-0.25, -0.2) is 4.39 Å². The van der Waals surface area contributed by atoms with Gasteiger partial charge in [-0.3, -0.25) is 14.4 Å². The zero-order chi connectivity index (χ0) is 16.7. The number of hydrogen-bond donors (Lipinski definition) is 1. The van der Waals surface area contributed by atoms with Gasteiger partial charge in [0.05, 0.1) is 17.8 Å². The number of nitrogens with one attached hydrogen (secondary N) is 1. The lowest BCUT2D eigenvalue weighted by Gasteiger charge is -2.33. The number of likely N-dealkylation sites (tertiary alicyclic amines) is 2. The molecule has 2 atom stereocenters. The van der Waals surface area contributed by atoms with E-state index >= 15 is 0 Å². The predicted octanol–water partition coefficient (Wildman–Crippen LogP) is 1.23. The molecule has 1 N–H and O–H groups in total. The maximum Gasteiger partial charge on any atom is 0.254 e. The average molecular weight is 319 g/mol. The number of nitrogens with zero attached hydrogens (tertiary/aromatic N) is 2. The molecular formula is C16H18FN3O3. The summed E-state index contributed by atoms with van der Waals surface area (Å²) in [5.74, 6) is -1.15. The molecule has 0 aliphatic carbocycles. The van der Waals surface area contributed by atoms with E-state index in [2.05, 4.69) is 5.32 Å². The number of rotatable bonds is 2. The van der Waals surface area contributed by atoms with Gasteiger partial charge in [0.15, 0.2) is 0 Å². The number of benzene rings is 1. The van der Waals surface area contributed by atoms with Crippen LogP contribution in [-0.2, 0) is 9.59 Å². The minimum absolute atomic E-state index is 0.00179. The molecule has 122 valence electrons. The molecule has 2 bridgehead atoms. The smallest absolute Gasteiger partial charge is 0.254 e. The lowest BCUT2D eigenvalue weighted by atomic mass is 10.1. The van der Waals surface area contributed by atoms with Gasteiger partial charge in [-0.1, -0.05) is 0 Å². The number of carbonyl (C=O) groups excluding carboxylic acids is 3. The molecule has 1 aromatic carbocycles. The number of piperazine rings is 1. The summed E-state index contributed by atoms with van der Waals surface area (Å²) in [5, 5.41) is 2.38. The van der Waals surface area contributed by atoms with E-state index in [9.17, 15) is 18.8 Å². The SMILES string of the molecule is CC(=O)Nc1cc(C(=O)N2C[C@@H]3C[C@H]2CN3C(C)=O)ccc1F. The molecule has 2 fully saturated rings. The van der Waals surface area contributed by atoms with E-state index in [1.165, 1.54) is 32.0 Å². The predicted molar refractivity (Wildman–Crippen MR) is 81.3 cm³/mol. The minimum atomic E-state index is -0.581. The fourth-order valence-electron chi connectivity index (χ4n) is 3.41. The van der Waals surface area contributed by atoms with Gasteiger partial charge in [-0.05, 0) is 24.6 Å². The molecule has 2 saturated heterocycles. The average Bonchev–Trinajstić information content (AvgIpc) is 3.08. The summed E-state index contributed by atoms with van der Waals surface area (Å²) in [6.07, 6.45) is 0.783. The second-order valence-corrected chi connectivity index (χ2v) is 6.05. The maximum atomic E-state index is 13.7. The van der Waals surface area contributed by atoms with Gasteiger partial charge in [-0.15, -0.1) is 0 Å². The van der Waals surface area contributed by atoms with E-state index < -0.39 is 11.7 Å². The second kappa shape index (κ2) is 5.64.